The summed E-state index contributed by atoms with van der Waals surface area (Å²) in [5, 5.41) is 2.87. The molecule has 0 aliphatic rings. The highest BCUT2D eigenvalue weighted by Crippen LogP contribution is 2.26. The normalized spacial score (nSPS) is 10.6. The summed E-state index contributed by atoms with van der Waals surface area (Å²) in [6.07, 6.45) is -2.78. The molecule has 1 aromatic heterocycles. The lowest BCUT2D eigenvalue weighted by Gasteiger charge is -2.12. The van der Waals surface area contributed by atoms with Crippen molar-refractivity contribution in [3.8, 4) is 11.5 Å². The first-order valence-electron chi connectivity index (χ1n) is 6.31. The lowest BCUT2D eigenvalue weighted by atomic mass is 10.2. The molecule has 0 saturated heterocycles. The highest BCUT2D eigenvalue weighted by molar-refractivity contribution is 6.29. The summed E-state index contributed by atoms with van der Waals surface area (Å²) >= 11 is 5.71. The number of hydrogen-bond acceptors (Lipinski definition) is 5. The maximum Gasteiger partial charge on any atom is 0.297 e. The Morgan fingerprint density at radius 1 is 1.18 bits per heavy atom. The van der Waals surface area contributed by atoms with E-state index in [-0.39, 0.29) is 11.0 Å². The number of rotatable bonds is 6. The first-order valence-corrected chi connectivity index (χ1v) is 6.68. The Hall–Kier alpha value is -2.15. The van der Waals surface area contributed by atoms with E-state index < -0.39 is 12.2 Å². The molecule has 2 rings (SSSR count). The van der Waals surface area contributed by atoms with Gasteiger partial charge in [-0.25, -0.2) is 18.7 Å². The highest BCUT2D eigenvalue weighted by Gasteiger charge is 2.13. The van der Waals surface area contributed by atoms with E-state index in [1.807, 2.05) is 6.07 Å². The second kappa shape index (κ2) is 7.22. The van der Waals surface area contributed by atoms with Gasteiger partial charge in [-0.05, 0) is 12.1 Å². The Bertz CT molecular complexity index is 656. The van der Waals surface area contributed by atoms with E-state index in [2.05, 4.69) is 15.3 Å². The van der Waals surface area contributed by atoms with E-state index in [9.17, 15) is 8.78 Å². The molecule has 0 unspecified atom stereocenters. The van der Waals surface area contributed by atoms with Crippen LogP contribution < -0.4 is 14.8 Å². The third kappa shape index (κ3) is 3.94. The predicted molar refractivity (Wildman–Crippen MR) is 78.9 cm³/mol. The van der Waals surface area contributed by atoms with Gasteiger partial charge in [0.2, 0.25) is 0 Å². The van der Waals surface area contributed by atoms with E-state index in [4.69, 9.17) is 21.1 Å². The minimum absolute atomic E-state index is 0.0468. The number of aromatic nitrogens is 2. The van der Waals surface area contributed by atoms with E-state index in [0.29, 0.717) is 18.0 Å². The van der Waals surface area contributed by atoms with E-state index in [0.717, 1.165) is 5.56 Å². The van der Waals surface area contributed by atoms with Crippen molar-refractivity contribution >= 4 is 17.4 Å². The zero-order valence-electron chi connectivity index (χ0n) is 11.9. The Morgan fingerprint density at radius 2 is 1.95 bits per heavy atom. The fourth-order valence-corrected chi connectivity index (χ4v) is 2.00. The molecule has 0 aliphatic carbocycles. The van der Waals surface area contributed by atoms with Crippen molar-refractivity contribution in [3.63, 3.8) is 0 Å². The Labute approximate surface area is 131 Å². The molecule has 118 valence electrons. The molecule has 0 radical (unpaired) electrons. The maximum atomic E-state index is 12.6. The molecule has 0 amide bonds. The minimum Gasteiger partial charge on any atom is -0.497 e. The summed E-state index contributed by atoms with van der Waals surface area (Å²) in [4.78, 5) is 7.18. The van der Waals surface area contributed by atoms with Gasteiger partial charge in [0.15, 0.2) is 5.82 Å². The summed E-state index contributed by atoms with van der Waals surface area (Å²) < 4.78 is 35.7. The van der Waals surface area contributed by atoms with Gasteiger partial charge in [-0.1, -0.05) is 11.6 Å². The lowest BCUT2D eigenvalue weighted by Crippen LogP contribution is -2.06. The van der Waals surface area contributed by atoms with Crippen LogP contribution in [0.25, 0.3) is 0 Å². The summed E-state index contributed by atoms with van der Waals surface area (Å²) in [6, 6.07) is 6.69. The smallest absolute Gasteiger partial charge is 0.297 e. The first-order chi connectivity index (χ1) is 10.5. The number of benzene rings is 1. The van der Waals surface area contributed by atoms with E-state index in [1.165, 1.54) is 13.2 Å². The molecule has 5 nitrogen and oxygen atoms in total. The summed E-state index contributed by atoms with van der Waals surface area (Å²) in [7, 11) is 3.09. The zero-order valence-corrected chi connectivity index (χ0v) is 12.7. The first kappa shape index (κ1) is 16.2. The van der Waals surface area contributed by atoms with Gasteiger partial charge in [0.25, 0.3) is 6.43 Å². The maximum absolute atomic E-state index is 12.6. The number of methoxy groups -OCH3 is 2. The van der Waals surface area contributed by atoms with Gasteiger partial charge in [0.05, 0.1) is 14.2 Å². The van der Waals surface area contributed by atoms with Gasteiger partial charge in [0, 0.05) is 24.2 Å². The average Bonchev–Trinajstić information content (AvgIpc) is 2.52. The van der Waals surface area contributed by atoms with Crippen molar-refractivity contribution < 1.29 is 18.3 Å². The largest absolute Gasteiger partial charge is 0.497 e. The second-order valence-electron chi connectivity index (χ2n) is 4.27. The van der Waals surface area contributed by atoms with Crippen LogP contribution in [0.1, 0.15) is 17.8 Å². The Balaban J connectivity index is 2.16. The van der Waals surface area contributed by atoms with Gasteiger partial charge in [0.1, 0.15) is 22.5 Å². The molecule has 0 spiro atoms. The number of alkyl halides is 2. The van der Waals surface area contributed by atoms with E-state index in [1.54, 1.807) is 19.2 Å². The number of nitrogens with one attached hydrogen (secondary N) is 1. The fraction of sp³-hybridized carbons (Fsp3) is 0.286. The van der Waals surface area contributed by atoms with Crippen LogP contribution in [-0.4, -0.2) is 24.2 Å². The van der Waals surface area contributed by atoms with Gasteiger partial charge >= 0.3 is 0 Å². The number of anilines is 1. The number of nitrogens with zero attached hydrogens (tertiary/aromatic N) is 2. The number of ether oxygens (including phenoxy) is 2. The van der Waals surface area contributed by atoms with Crippen molar-refractivity contribution in [2.45, 2.75) is 13.0 Å². The van der Waals surface area contributed by atoms with Crippen molar-refractivity contribution in [3.05, 3.63) is 40.8 Å². The zero-order chi connectivity index (χ0) is 16.1. The molecule has 0 saturated carbocycles. The van der Waals surface area contributed by atoms with Crippen LogP contribution >= 0.6 is 11.6 Å². The minimum atomic E-state index is -2.78. The van der Waals surface area contributed by atoms with Gasteiger partial charge in [-0.2, -0.15) is 0 Å². The van der Waals surface area contributed by atoms with Gasteiger partial charge < -0.3 is 14.8 Å². The number of halogens is 3. The molecule has 22 heavy (non-hydrogen) atoms. The summed E-state index contributed by atoms with van der Waals surface area (Å²) in [5.74, 6) is 0.872. The average molecular weight is 330 g/mol. The van der Waals surface area contributed by atoms with Crippen molar-refractivity contribution in [1.82, 2.24) is 9.97 Å². The van der Waals surface area contributed by atoms with Crippen LogP contribution in [0.15, 0.2) is 24.3 Å². The van der Waals surface area contributed by atoms with Crippen LogP contribution in [0.5, 0.6) is 11.5 Å². The highest BCUT2D eigenvalue weighted by atomic mass is 35.5. The molecule has 8 heteroatoms. The summed E-state index contributed by atoms with van der Waals surface area (Å²) in [6.45, 7) is 0.323. The standard InChI is InChI=1S/C14H14ClF2N3O2/c1-21-9-4-3-8(10(5-9)22-2)7-18-12-6-11(15)19-14(20-12)13(16)17/h3-6,13H,7H2,1-2H3,(H,18,19,20). The number of hydrogen-bond donors (Lipinski definition) is 1. The van der Waals surface area contributed by atoms with Gasteiger partial charge in [-0.15, -0.1) is 0 Å². The Kier molecular flexibility index (Phi) is 5.32. The molecule has 0 aliphatic heterocycles. The topological polar surface area (TPSA) is 56.3 Å². The van der Waals surface area contributed by atoms with Crippen LogP contribution in [0.3, 0.4) is 0 Å². The van der Waals surface area contributed by atoms with Crippen LogP contribution in [0, 0.1) is 0 Å². The monoisotopic (exact) mass is 329 g/mol. The third-order valence-electron chi connectivity index (χ3n) is 2.86. The van der Waals surface area contributed by atoms with Crippen LogP contribution in [0.2, 0.25) is 5.15 Å². The molecular formula is C14H14ClF2N3O2. The third-order valence-corrected chi connectivity index (χ3v) is 3.06. The van der Waals surface area contributed by atoms with Crippen molar-refractivity contribution in [1.29, 1.82) is 0 Å². The second-order valence-corrected chi connectivity index (χ2v) is 4.65. The predicted octanol–water partition coefficient (Wildman–Crippen LogP) is 3.70. The molecule has 1 aromatic carbocycles. The van der Waals surface area contributed by atoms with Gasteiger partial charge in [-0.3, -0.25) is 0 Å². The summed E-state index contributed by atoms with van der Waals surface area (Å²) in [5.41, 5.74) is 0.816. The Morgan fingerprint density at radius 3 is 2.59 bits per heavy atom. The van der Waals surface area contributed by atoms with Crippen molar-refractivity contribution in [2.24, 2.45) is 0 Å². The van der Waals surface area contributed by atoms with E-state index >= 15 is 0 Å². The lowest BCUT2D eigenvalue weighted by molar-refractivity contribution is 0.140. The molecular weight excluding hydrogens is 316 g/mol. The van der Waals surface area contributed by atoms with Crippen LogP contribution in [0.4, 0.5) is 14.6 Å². The fourth-order valence-electron chi connectivity index (χ4n) is 1.81. The molecule has 1 N–H and O–H groups in total. The molecule has 0 fully saturated rings. The molecule has 0 bridgehead atoms. The SMILES string of the molecule is COc1ccc(CNc2cc(Cl)nc(C(F)F)n2)c(OC)c1. The van der Waals surface area contributed by atoms with Crippen LogP contribution in [-0.2, 0) is 6.54 Å². The quantitative estimate of drug-likeness (QED) is 0.819. The van der Waals surface area contributed by atoms with Crippen molar-refractivity contribution in [2.75, 3.05) is 19.5 Å². The molecule has 0 atom stereocenters. The molecule has 2 aromatic rings. The molecule has 1 heterocycles.